The SMILES string of the molecule is CC(C)C(C)CC(=O)N1CCC(CC(=O)O)CC1. The maximum absolute atomic E-state index is 12.1. The Morgan fingerprint density at radius 2 is 1.78 bits per heavy atom. The van der Waals surface area contributed by atoms with E-state index in [1.165, 1.54) is 0 Å². The predicted molar refractivity (Wildman–Crippen MR) is 70.2 cm³/mol. The molecule has 0 aromatic heterocycles. The number of nitrogens with zero attached hydrogens (tertiary/aromatic N) is 1. The van der Waals surface area contributed by atoms with E-state index in [0.717, 1.165) is 25.9 Å². The first kappa shape index (κ1) is 15.0. The summed E-state index contributed by atoms with van der Waals surface area (Å²) in [5.41, 5.74) is 0. The van der Waals surface area contributed by atoms with Crippen molar-refractivity contribution < 1.29 is 14.7 Å². The zero-order chi connectivity index (χ0) is 13.7. The highest BCUT2D eigenvalue weighted by atomic mass is 16.4. The van der Waals surface area contributed by atoms with Crippen LogP contribution in [0.3, 0.4) is 0 Å². The number of amides is 1. The van der Waals surface area contributed by atoms with Crippen LogP contribution < -0.4 is 0 Å². The van der Waals surface area contributed by atoms with Gasteiger partial charge in [0.05, 0.1) is 0 Å². The van der Waals surface area contributed by atoms with E-state index in [2.05, 4.69) is 20.8 Å². The largest absolute Gasteiger partial charge is 0.481 e. The van der Waals surface area contributed by atoms with E-state index in [9.17, 15) is 9.59 Å². The summed E-state index contributed by atoms with van der Waals surface area (Å²) < 4.78 is 0. The molecule has 0 saturated carbocycles. The summed E-state index contributed by atoms with van der Waals surface area (Å²) in [6, 6.07) is 0. The van der Waals surface area contributed by atoms with E-state index in [1.807, 2.05) is 4.90 Å². The van der Waals surface area contributed by atoms with Crippen molar-refractivity contribution in [1.29, 1.82) is 0 Å². The average Bonchev–Trinajstić information content (AvgIpc) is 2.28. The lowest BCUT2D eigenvalue weighted by Gasteiger charge is -2.32. The Hall–Kier alpha value is -1.06. The Morgan fingerprint density at radius 3 is 2.22 bits per heavy atom. The molecule has 1 unspecified atom stereocenters. The van der Waals surface area contributed by atoms with Gasteiger partial charge in [0.25, 0.3) is 0 Å². The summed E-state index contributed by atoms with van der Waals surface area (Å²) >= 11 is 0. The molecule has 104 valence electrons. The van der Waals surface area contributed by atoms with Crippen molar-refractivity contribution in [2.24, 2.45) is 17.8 Å². The zero-order valence-electron chi connectivity index (χ0n) is 11.7. The molecule has 1 saturated heterocycles. The summed E-state index contributed by atoms with van der Waals surface area (Å²) in [6.07, 6.45) is 2.51. The molecule has 0 spiro atoms. The second-order valence-electron chi connectivity index (χ2n) is 5.85. The number of hydrogen-bond acceptors (Lipinski definition) is 2. The van der Waals surface area contributed by atoms with Crippen LogP contribution >= 0.6 is 0 Å². The van der Waals surface area contributed by atoms with Gasteiger partial charge in [-0.1, -0.05) is 20.8 Å². The molecule has 0 aliphatic carbocycles. The standard InChI is InChI=1S/C14H25NO3/c1-10(2)11(3)8-13(16)15-6-4-12(5-7-15)9-14(17)18/h10-12H,4-9H2,1-3H3,(H,17,18). The number of carboxylic acids is 1. The van der Waals surface area contributed by atoms with Gasteiger partial charge < -0.3 is 10.0 Å². The van der Waals surface area contributed by atoms with Gasteiger partial charge in [0.15, 0.2) is 0 Å². The average molecular weight is 255 g/mol. The molecule has 4 heteroatoms. The van der Waals surface area contributed by atoms with Gasteiger partial charge in [-0.25, -0.2) is 0 Å². The van der Waals surface area contributed by atoms with Crippen LogP contribution in [0.25, 0.3) is 0 Å². The van der Waals surface area contributed by atoms with Crippen LogP contribution in [0.2, 0.25) is 0 Å². The maximum Gasteiger partial charge on any atom is 0.303 e. The third kappa shape index (κ3) is 4.67. The molecule has 0 bridgehead atoms. The first-order valence-corrected chi connectivity index (χ1v) is 6.89. The number of likely N-dealkylation sites (tertiary alicyclic amines) is 1. The van der Waals surface area contributed by atoms with Crippen LogP contribution in [0.5, 0.6) is 0 Å². The quantitative estimate of drug-likeness (QED) is 0.820. The fourth-order valence-corrected chi connectivity index (χ4v) is 2.27. The molecule has 1 aliphatic heterocycles. The fraction of sp³-hybridized carbons (Fsp3) is 0.857. The number of carbonyl (C=O) groups is 2. The van der Waals surface area contributed by atoms with Crippen LogP contribution in [-0.4, -0.2) is 35.0 Å². The van der Waals surface area contributed by atoms with Crippen molar-refractivity contribution in [2.75, 3.05) is 13.1 Å². The van der Waals surface area contributed by atoms with Gasteiger partial charge in [0.1, 0.15) is 0 Å². The van der Waals surface area contributed by atoms with Crippen LogP contribution in [0.15, 0.2) is 0 Å². The highest BCUT2D eigenvalue weighted by Crippen LogP contribution is 2.22. The van der Waals surface area contributed by atoms with E-state index in [-0.39, 0.29) is 18.2 Å². The van der Waals surface area contributed by atoms with Gasteiger partial charge in [-0.2, -0.15) is 0 Å². The third-order valence-electron chi connectivity index (χ3n) is 4.07. The Morgan fingerprint density at radius 1 is 1.22 bits per heavy atom. The highest BCUT2D eigenvalue weighted by Gasteiger charge is 2.25. The number of carbonyl (C=O) groups excluding carboxylic acids is 1. The Labute approximate surface area is 109 Å². The zero-order valence-corrected chi connectivity index (χ0v) is 11.7. The molecule has 1 rings (SSSR count). The maximum atomic E-state index is 12.1. The second kappa shape index (κ2) is 6.76. The summed E-state index contributed by atoms with van der Waals surface area (Å²) in [5, 5.41) is 8.74. The van der Waals surface area contributed by atoms with E-state index >= 15 is 0 Å². The molecule has 4 nitrogen and oxygen atoms in total. The molecule has 18 heavy (non-hydrogen) atoms. The summed E-state index contributed by atoms with van der Waals surface area (Å²) in [4.78, 5) is 24.6. The minimum atomic E-state index is -0.729. The van der Waals surface area contributed by atoms with Gasteiger partial charge in [-0.3, -0.25) is 9.59 Å². The number of rotatable bonds is 5. The van der Waals surface area contributed by atoms with Gasteiger partial charge in [0.2, 0.25) is 5.91 Å². The summed E-state index contributed by atoms with van der Waals surface area (Å²) in [7, 11) is 0. The van der Waals surface area contributed by atoms with E-state index in [1.54, 1.807) is 0 Å². The van der Waals surface area contributed by atoms with Crippen molar-refractivity contribution in [1.82, 2.24) is 4.90 Å². The van der Waals surface area contributed by atoms with Crippen LogP contribution in [0.4, 0.5) is 0 Å². The molecule has 1 heterocycles. The summed E-state index contributed by atoms with van der Waals surface area (Å²) in [6.45, 7) is 7.83. The monoisotopic (exact) mass is 255 g/mol. The van der Waals surface area contributed by atoms with Crippen molar-refractivity contribution in [3.05, 3.63) is 0 Å². The lowest BCUT2D eigenvalue weighted by atomic mass is 9.91. The molecule has 1 N–H and O–H groups in total. The number of piperidine rings is 1. The van der Waals surface area contributed by atoms with E-state index in [4.69, 9.17) is 5.11 Å². The third-order valence-corrected chi connectivity index (χ3v) is 4.07. The molecule has 1 atom stereocenters. The van der Waals surface area contributed by atoms with Gasteiger partial charge >= 0.3 is 5.97 Å². The fourth-order valence-electron chi connectivity index (χ4n) is 2.27. The molecule has 1 amide bonds. The second-order valence-corrected chi connectivity index (χ2v) is 5.85. The van der Waals surface area contributed by atoms with Gasteiger partial charge in [-0.05, 0) is 30.6 Å². The Kier molecular flexibility index (Phi) is 5.63. The highest BCUT2D eigenvalue weighted by molar-refractivity contribution is 5.76. The minimum Gasteiger partial charge on any atom is -0.481 e. The van der Waals surface area contributed by atoms with Crippen molar-refractivity contribution in [3.63, 3.8) is 0 Å². The minimum absolute atomic E-state index is 0.227. The van der Waals surface area contributed by atoms with E-state index in [0.29, 0.717) is 18.3 Å². The molecule has 0 aromatic carbocycles. The molecule has 0 aromatic rings. The molecular formula is C14H25NO3. The van der Waals surface area contributed by atoms with Crippen LogP contribution in [0, 0.1) is 17.8 Å². The molecule has 1 fully saturated rings. The predicted octanol–water partition coefficient (Wildman–Crippen LogP) is 2.38. The van der Waals surface area contributed by atoms with Crippen LogP contribution in [-0.2, 0) is 9.59 Å². The summed E-state index contributed by atoms with van der Waals surface area (Å²) in [5.74, 6) is 0.681. The molecule has 0 radical (unpaired) electrons. The normalized spacial score (nSPS) is 19.0. The van der Waals surface area contributed by atoms with Crippen molar-refractivity contribution in [2.45, 2.75) is 46.5 Å². The first-order valence-electron chi connectivity index (χ1n) is 6.89. The van der Waals surface area contributed by atoms with E-state index < -0.39 is 5.97 Å². The lowest BCUT2D eigenvalue weighted by Crippen LogP contribution is -2.39. The van der Waals surface area contributed by atoms with Crippen molar-refractivity contribution in [3.8, 4) is 0 Å². The first-order chi connectivity index (χ1) is 8.40. The van der Waals surface area contributed by atoms with Gasteiger partial charge in [0, 0.05) is 25.9 Å². The molecular weight excluding hydrogens is 230 g/mol. The lowest BCUT2D eigenvalue weighted by molar-refractivity contribution is -0.138. The smallest absolute Gasteiger partial charge is 0.303 e. The Balaban J connectivity index is 2.34. The van der Waals surface area contributed by atoms with Crippen molar-refractivity contribution >= 4 is 11.9 Å². The van der Waals surface area contributed by atoms with Crippen LogP contribution in [0.1, 0.15) is 46.5 Å². The number of carboxylic acid groups (broad SMARTS) is 1. The molecule has 1 aliphatic rings. The number of aliphatic carboxylic acids is 1. The Bertz CT molecular complexity index is 293. The van der Waals surface area contributed by atoms with Gasteiger partial charge in [-0.15, -0.1) is 0 Å². The number of hydrogen-bond donors (Lipinski definition) is 1. The topological polar surface area (TPSA) is 57.6 Å².